The lowest BCUT2D eigenvalue weighted by atomic mass is 9.84. The highest BCUT2D eigenvalue weighted by Gasteiger charge is 2.58. The monoisotopic (exact) mass is 854 g/mol. The predicted molar refractivity (Wildman–Crippen MR) is 175 cm³/mol. The lowest BCUT2D eigenvalue weighted by molar-refractivity contribution is -0.295. The topological polar surface area (TPSA) is 439 Å². The van der Waals surface area contributed by atoms with Crippen LogP contribution in [0.3, 0.4) is 0 Å². The summed E-state index contributed by atoms with van der Waals surface area (Å²) in [5.41, 5.74) is 4.46. The van der Waals surface area contributed by atoms with Gasteiger partial charge in [0, 0.05) is 25.1 Å². The largest absolute Gasteiger partial charge is 0.477 e. The molecular weight excluding hydrogens is 810 g/mol. The summed E-state index contributed by atoms with van der Waals surface area (Å²) in [7, 11) is -10.6. The van der Waals surface area contributed by atoms with Gasteiger partial charge in [-0.2, -0.15) is 4.98 Å². The van der Waals surface area contributed by atoms with Crippen LogP contribution in [0.5, 0.6) is 0 Å². The van der Waals surface area contributed by atoms with Gasteiger partial charge in [0.15, 0.2) is 6.23 Å². The Morgan fingerprint density at radius 1 is 0.982 bits per heavy atom. The maximum absolute atomic E-state index is 13.0. The van der Waals surface area contributed by atoms with Crippen LogP contribution in [-0.4, -0.2) is 181 Å². The Bertz CT molecular complexity index is 1700. The number of carboxylic acid groups (broad SMARTS) is 1. The number of aliphatic carboxylic acids is 1. The van der Waals surface area contributed by atoms with Gasteiger partial charge in [-0.25, -0.2) is 23.2 Å². The molecule has 0 radical (unpaired) electrons. The van der Waals surface area contributed by atoms with Crippen LogP contribution in [0.15, 0.2) is 17.1 Å². The molecule has 4 rings (SSSR count). The van der Waals surface area contributed by atoms with Crippen molar-refractivity contribution in [2.24, 2.45) is 5.92 Å². The van der Waals surface area contributed by atoms with Crippen LogP contribution in [0.2, 0.25) is 0 Å². The molecule has 0 aliphatic carbocycles. The number of carbonyl (C=O) groups excluding carboxylic acids is 1. The highest BCUT2D eigenvalue weighted by molar-refractivity contribution is 7.47. The number of phosphoric acid groups is 2. The second kappa shape index (κ2) is 18.1. The van der Waals surface area contributed by atoms with Crippen LogP contribution in [0.4, 0.5) is 5.82 Å². The molecule has 3 aliphatic heterocycles. The Hall–Kier alpha value is -2.60. The van der Waals surface area contributed by atoms with Crippen LogP contribution in [0.1, 0.15) is 26.0 Å². The average molecular weight is 855 g/mol. The van der Waals surface area contributed by atoms with Gasteiger partial charge in [0.2, 0.25) is 5.91 Å². The number of amides is 1. The number of phosphoric ester groups is 2. The molecule has 0 aromatic carbocycles. The quantitative estimate of drug-likeness (QED) is 0.0687. The Morgan fingerprint density at radius 2 is 1.57 bits per heavy atom. The van der Waals surface area contributed by atoms with Gasteiger partial charge in [-0.05, 0) is 6.07 Å². The first-order valence-corrected chi connectivity index (χ1v) is 19.5. The van der Waals surface area contributed by atoms with E-state index in [2.05, 4.69) is 14.8 Å². The Balaban J connectivity index is 1.37. The summed E-state index contributed by atoms with van der Waals surface area (Å²) in [5.74, 6) is -7.71. The number of ether oxygens (including phenoxy) is 3. The smallest absolute Gasteiger partial charge is 0.475 e. The van der Waals surface area contributed by atoms with E-state index in [1.54, 1.807) is 0 Å². The molecule has 1 aromatic heterocycles. The van der Waals surface area contributed by atoms with E-state index in [0.717, 1.165) is 10.8 Å². The zero-order valence-electron chi connectivity index (χ0n) is 29.0. The van der Waals surface area contributed by atoms with Crippen molar-refractivity contribution in [1.29, 1.82) is 0 Å². The molecule has 320 valence electrons. The molecule has 3 aliphatic rings. The molecule has 1 amide bonds. The van der Waals surface area contributed by atoms with Gasteiger partial charge >= 0.3 is 27.3 Å². The molecule has 15 N–H and O–H groups in total. The number of nitrogen functional groups attached to an aromatic ring is 1. The predicted octanol–water partition coefficient (Wildman–Crippen LogP) is -6.67. The third-order valence-electron chi connectivity index (χ3n) is 9.23. The maximum atomic E-state index is 13.0. The molecule has 29 heteroatoms. The van der Waals surface area contributed by atoms with Crippen LogP contribution >= 0.6 is 15.6 Å². The molecule has 3 fully saturated rings. The summed E-state index contributed by atoms with van der Waals surface area (Å²) in [6, 6.07) is 1.18. The van der Waals surface area contributed by atoms with Crippen molar-refractivity contribution < 1.29 is 107 Å². The molecule has 56 heavy (non-hydrogen) atoms. The zero-order valence-corrected chi connectivity index (χ0v) is 30.8. The first-order chi connectivity index (χ1) is 25.9. The first kappa shape index (κ1) is 46.1. The van der Waals surface area contributed by atoms with Crippen molar-refractivity contribution in [2.45, 2.75) is 105 Å². The number of nitrogens with zero attached hydrogens (tertiary/aromatic N) is 2. The van der Waals surface area contributed by atoms with Crippen molar-refractivity contribution in [3.63, 3.8) is 0 Å². The Morgan fingerprint density at radius 3 is 2.18 bits per heavy atom. The minimum Gasteiger partial charge on any atom is -0.477 e. The summed E-state index contributed by atoms with van der Waals surface area (Å²) >= 11 is 0. The van der Waals surface area contributed by atoms with E-state index < -0.39 is 157 Å². The van der Waals surface area contributed by atoms with Crippen molar-refractivity contribution >= 4 is 33.3 Å². The minimum absolute atomic E-state index is 0.162. The van der Waals surface area contributed by atoms with E-state index in [-0.39, 0.29) is 5.82 Å². The highest BCUT2D eigenvalue weighted by Crippen LogP contribution is 2.52. The second-order valence-corrected chi connectivity index (χ2v) is 15.9. The molecule has 27 nitrogen and oxygen atoms in total. The standard InChI is InChI=1S/C27H44N4O23P2/c1-9-10(32)5-27(25(41)42,54-56(47,48)50-8-14-20(38)22(40)24(52-14)31-3-2-15(28)30-26(31)43)53-23(9)17(35)11(33)6-29-16(34)4-12-18(36)21(39)19(37)13(51-12)7-49-55(44,45)46/h2-3,9-14,17-24,32-33,35-40H,4-8H2,1H3,(H,29,34)(H,41,42)(H,47,48)(H2,28,30,43)(H2,44,45,46)/t9?,10?,11-,12+,13?,14?,17-,18?,19+,20?,21-,22?,23?,24?,27?/m1/s1. The van der Waals surface area contributed by atoms with E-state index in [0.29, 0.717) is 0 Å². The molecule has 0 saturated carbocycles. The molecule has 16 atom stereocenters. The van der Waals surface area contributed by atoms with Crippen LogP contribution in [-0.2, 0) is 46.5 Å². The number of carboxylic acids is 1. The number of hydrogen-bond donors (Lipinski definition) is 14. The number of anilines is 1. The van der Waals surface area contributed by atoms with E-state index >= 15 is 0 Å². The highest BCUT2D eigenvalue weighted by atomic mass is 31.2. The molecule has 4 heterocycles. The zero-order chi connectivity index (χ0) is 42.1. The third kappa shape index (κ3) is 10.9. The summed E-state index contributed by atoms with van der Waals surface area (Å²) in [6.07, 6.45) is -24.2. The number of carbonyl (C=O) groups is 2. The fourth-order valence-corrected chi connectivity index (χ4v) is 7.38. The Labute approximate surface area is 314 Å². The number of aliphatic hydroxyl groups excluding tert-OH is 8. The normalized spacial score (nSPS) is 37.4. The number of rotatable bonds is 16. The van der Waals surface area contributed by atoms with Crippen LogP contribution < -0.4 is 16.7 Å². The van der Waals surface area contributed by atoms with Gasteiger partial charge in [0.1, 0.15) is 54.6 Å². The number of nitrogens with two attached hydrogens (primary N) is 1. The SMILES string of the molecule is CC1C(O)CC(OP(=O)(O)OCC2OC(n3ccc(N)nc3=O)C(O)C2O)(C(=O)O)OC1[C@H](O)[C@H](O)CNC(=O)C[C@@H]1OC(COP(=O)(O)O)[C@H](O)[C@H](O)C1O. The number of aromatic nitrogens is 2. The van der Waals surface area contributed by atoms with Crippen molar-refractivity contribution in [3.8, 4) is 0 Å². The van der Waals surface area contributed by atoms with E-state index in [1.807, 2.05) is 0 Å². The number of nitrogens with one attached hydrogen (secondary N) is 1. The summed E-state index contributed by atoms with van der Waals surface area (Å²) in [4.78, 5) is 69.0. The lowest BCUT2D eigenvalue weighted by Gasteiger charge is -2.45. The molecule has 0 spiro atoms. The van der Waals surface area contributed by atoms with E-state index in [1.165, 1.54) is 13.0 Å². The van der Waals surface area contributed by atoms with Crippen LogP contribution in [0.25, 0.3) is 0 Å². The maximum Gasteiger partial charge on any atom is 0.475 e. The van der Waals surface area contributed by atoms with Gasteiger partial charge in [0.25, 0.3) is 5.79 Å². The fraction of sp³-hybridized carbons (Fsp3) is 0.778. The summed E-state index contributed by atoms with van der Waals surface area (Å²) in [5, 5.41) is 95.8. The van der Waals surface area contributed by atoms with Gasteiger partial charge in [-0.3, -0.25) is 18.4 Å². The Kier molecular flexibility index (Phi) is 14.9. The molecular formula is C27H44N4O23P2. The van der Waals surface area contributed by atoms with Gasteiger partial charge in [0.05, 0.1) is 44.1 Å². The number of hydrogen-bond acceptors (Lipinski definition) is 21. The third-order valence-corrected chi connectivity index (χ3v) is 10.7. The van der Waals surface area contributed by atoms with E-state index in [9.17, 15) is 74.4 Å². The van der Waals surface area contributed by atoms with Crippen molar-refractivity contribution in [3.05, 3.63) is 22.7 Å². The van der Waals surface area contributed by atoms with Crippen LogP contribution in [0, 0.1) is 5.92 Å². The molecule has 11 unspecified atom stereocenters. The fourth-order valence-electron chi connectivity index (χ4n) is 6.09. The average Bonchev–Trinajstić information content (AvgIpc) is 3.38. The van der Waals surface area contributed by atoms with Crippen molar-refractivity contribution in [2.75, 3.05) is 25.5 Å². The molecule has 0 bridgehead atoms. The lowest BCUT2D eigenvalue weighted by Crippen LogP contribution is -2.61. The summed E-state index contributed by atoms with van der Waals surface area (Å²) in [6.45, 7) is -1.57. The first-order valence-electron chi connectivity index (χ1n) is 16.5. The minimum atomic E-state index is -5.59. The van der Waals surface area contributed by atoms with E-state index in [4.69, 9.17) is 38.8 Å². The van der Waals surface area contributed by atoms with Gasteiger partial charge in [-0.1, -0.05) is 6.92 Å². The van der Waals surface area contributed by atoms with Crippen molar-refractivity contribution in [1.82, 2.24) is 14.9 Å². The van der Waals surface area contributed by atoms with Gasteiger partial charge in [-0.15, -0.1) is 0 Å². The number of aliphatic hydroxyl groups is 8. The molecule has 1 aromatic rings. The summed E-state index contributed by atoms with van der Waals surface area (Å²) < 4.78 is 54.8. The molecule has 3 saturated heterocycles. The second-order valence-electron chi connectivity index (χ2n) is 13.3. The van der Waals surface area contributed by atoms with Gasteiger partial charge < -0.3 is 85.9 Å².